The third kappa shape index (κ3) is 6.16. The lowest BCUT2D eigenvalue weighted by molar-refractivity contribution is 0.0615. The first-order chi connectivity index (χ1) is 11.1. The summed E-state index contributed by atoms with van der Waals surface area (Å²) in [6, 6.07) is 16.9. The molecule has 4 nitrogen and oxygen atoms in total. The van der Waals surface area contributed by atoms with Crippen molar-refractivity contribution in [3.05, 3.63) is 71.8 Å². The smallest absolute Gasteiger partial charge is 0.267 e. The van der Waals surface area contributed by atoms with Gasteiger partial charge in [-0.1, -0.05) is 49.6 Å². The van der Waals surface area contributed by atoms with Crippen LogP contribution in [0.25, 0.3) is 0 Å². The molecule has 0 spiro atoms. The summed E-state index contributed by atoms with van der Waals surface area (Å²) >= 11 is 0. The predicted octanol–water partition coefficient (Wildman–Crippen LogP) is 0.604. The van der Waals surface area contributed by atoms with Crippen LogP contribution >= 0.6 is 0 Å². The molecule has 0 unspecified atom stereocenters. The van der Waals surface area contributed by atoms with Crippen molar-refractivity contribution in [1.29, 1.82) is 0 Å². The molecular weight excluding hydrogens is 285 g/mol. The quantitative estimate of drug-likeness (QED) is 0.296. The third-order valence-electron chi connectivity index (χ3n) is 3.19. The van der Waals surface area contributed by atoms with E-state index in [1.165, 1.54) is 20.6 Å². The lowest BCUT2D eigenvalue weighted by Gasteiger charge is -2.14. The lowest BCUT2D eigenvalue weighted by atomic mass is 9.27. The number of hydrogen-bond acceptors (Lipinski definition) is 3. The van der Waals surface area contributed by atoms with E-state index < -0.39 is 11.8 Å². The molecule has 0 aliphatic heterocycles. The van der Waals surface area contributed by atoms with Gasteiger partial charge in [-0.25, -0.2) is 10.9 Å². The molecule has 0 aromatic heterocycles. The summed E-state index contributed by atoms with van der Waals surface area (Å²) in [5.74, 6) is 4.51. The number of benzene rings is 2. The predicted molar refractivity (Wildman–Crippen MR) is 101 cm³/mol. The molecule has 0 fully saturated rings. The molecule has 0 aliphatic carbocycles. The highest BCUT2D eigenvalue weighted by molar-refractivity contribution is 7.23. The molecule has 7 heteroatoms. The average Bonchev–Trinajstić information content (AvgIpc) is 2.62. The van der Waals surface area contributed by atoms with Crippen molar-refractivity contribution >= 4 is 33.8 Å². The molecule has 0 saturated carbocycles. The number of rotatable bonds is 4. The third-order valence-corrected chi connectivity index (χ3v) is 3.19. The first kappa shape index (κ1) is 18.8. The van der Waals surface area contributed by atoms with Gasteiger partial charge in [-0.2, -0.15) is 0 Å². The Labute approximate surface area is 139 Å². The maximum atomic E-state index is 11.9. The second kappa shape index (κ2) is 10.5. The van der Waals surface area contributed by atoms with Crippen molar-refractivity contribution < 1.29 is 9.59 Å². The van der Waals surface area contributed by atoms with Gasteiger partial charge in [0, 0.05) is 11.1 Å². The summed E-state index contributed by atoms with van der Waals surface area (Å²) in [5, 5.41) is 0.630. The topological polar surface area (TPSA) is 63.4 Å². The Morgan fingerprint density at radius 2 is 1.35 bits per heavy atom. The fourth-order valence-corrected chi connectivity index (χ4v) is 1.89. The minimum absolute atomic E-state index is 0.379. The van der Waals surface area contributed by atoms with Gasteiger partial charge in [-0.05, 0) is 24.3 Å². The minimum atomic E-state index is -0.524. The van der Waals surface area contributed by atoms with Crippen LogP contribution in [-0.2, 0) is 0 Å². The van der Waals surface area contributed by atoms with E-state index in [9.17, 15) is 9.59 Å². The molecule has 2 aromatic rings. The van der Waals surface area contributed by atoms with Gasteiger partial charge >= 0.3 is 0 Å². The summed E-state index contributed by atoms with van der Waals surface area (Å²) in [6.45, 7) is 2.21. The molecule has 0 bridgehead atoms. The van der Waals surface area contributed by atoms with Crippen LogP contribution < -0.4 is 5.84 Å². The van der Waals surface area contributed by atoms with Crippen molar-refractivity contribution in [2.75, 3.05) is 0 Å². The van der Waals surface area contributed by atoms with Gasteiger partial charge in [-0.3, -0.25) is 9.59 Å². The Morgan fingerprint density at radius 3 is 1.61 bits per heavy atom. The van der Waals surface area contributed by atoms with E-state index >= 15 is 0 Å². The molecule has 2 aromatic carbocycles. The summed E-state index contributed by atoms with van der Waals surface area (Å²) < 4.78 is 0. The molecule has 2 rings (SSSR count). The normalized spacial score (nSPS) is 9.13. The molecule has 0 saturated heterocycles. The van der Waals surface area contributed by atoms with Gasteiger partial charge in [-0.15, -0.1) is 0 Å². The van der Waals surface area contributed by atoms with Gasteiger partial charge in [0.05, 0.1) is 22.0 Å². The van der Waals surface area contributed by atoms with E-state index in [4.69, 9.17) is 5.84 Å². The second-order valence-electron chi connectivity index (χ2n) is 5.07. The van der Waals surface area contributed by atoms with Crippen LogP contribution in [0.3, 0.4) is 0 Å². The zero-order valence-corrected chi connectivity index (χ0v) is 13.7. The Morgan fingerprint density at radius 1 is 0.957 bits per heavy atom. The maximum absolute atomic E-state index is 11.9. The van der Waals surface area contributed by atoms with Crippen molar-refractivity contribution in [3.8, 4) is 0 Å². The number of nitrogens with zero attached hydrogens (tertiary/aromatic N) is 1. The number of hydrazine groups is 1. The number of amides is 2. The molecule has 0 heterocycles. The van der Waals surface area contributed by atoms with Crippen molar-refractivity contribution in [1.82, 2.24) is 5.01 Å². The lowest BCUT2D eigenvalue weighted by Crippen LogP contribution is -2.42. The molecule has 2 amide bonds. The van der Waals surface area contributed by atoms with E-state index in [-0.39, 0.29) is 0 Å². The molecule has 2 N–H and O–H groups in total. The van der Waals surface area contributed by atoms with Crippen LogP contribution in [0.4, 0.5) is 0 Å². The maximum Gasteiger partial charge on any atom is 0.275 e. The van der Waals surface area contributed by atoms with Crippen LogP contribution in [-0.4, -0.2) is 38.8 Å². The van der Waals surface area contributed by atoms with Gasteiger partial charge in [0.15, 0.2) is 0 Å². The molecule has 23 heavy (non-hydrogen) atoms. The van der Waals surface area contributed by atoms with Gasteiger partial charge in [0.2, 0.25) is 0 Å². The van der Waals surface area contributed by atoms with Crippen molar-refractivity contribution in [2.45, 2.75) is 13.2 Å². The Bertz CT molecular complexity index is 556. The van der Waals surface area contributed by atoms with Crippen LogP contribution in [0, 0.1) is 0 Å². The van der Waals surface area contributed by atoms with Crippen molar-refractivity contribution in [2.24, 2.45) is 5.84 Å². The number of carbonyl (C=O) groups excluding carboxylic acids is 2. The van der Waals surface area contributed by atoms with Crippen LogP contribution in [0.1, 0.15) is 27.6 Å². The standard InChI is InChI=1S/C14H12N2O2.C2H9B3/c15-16(13(17)11-7-3-1-4-8-11)14(18)12-9-5-2-6-10-12;1-2-4-5-3/h1-10H,15H2;4-5H,2-3H2,1H3. The Kier molecular flexibility index (Phi) is 8.54. The van der Waals surface area contributed by atoms with Crippen LogP contribution in [0.2, 0.25) is 6.32 Å². The van der Waals surface area contributed by atoms with Crippen LogP contribution in [0.5, 0.6) is 0 Å². The second-order valence-corrected chi connectivity index (χ2v) is 5.07. The summed E-state index contributed by atoms with van der Waals surface area (Å²) in [7, 11) is 4.94. The molecule has 0 aliphatic rings. The molecule has 0 atom stereocenters. The molecule has 0 radical (unpaired) electrons. The SMILES string of the molecule is BBBCC.NN(C(=O)c1ccccc1)C(=O)c1ccccc1. The van der Waals surface area contributed by atoms with E-state index in [0.717, 1.165) is 0 Å². The van der Waals surface area contributed by atoms with E-state index in [2.05, 4.69) is 14.7 Å². The Balaban J connectivity index is 0.000000463. The summed E-state index contributed by atoms with van der Waals surface area (Å²) in [5.41, 5.74) is 0.758. The van der Waals surface area contributed by atoms with E-state index in [1.54, 1.807) is 60.7 Å². The van der Waals surface area contributed by atoms with Gasteiger partial charge in [0.1, 0.15) is 0 Å². The largest absolute Gasteiger partial charge is 0.275 e. The fraction of sp³-hybridized carbons (Fsp3) is 0.125. The monoisotopic (exact) mass is 306 g/mol. The first-order valence-electron chi connectivity index (χ1n) is 7.85. The summed E-state index contributed by atoms with van der Waals surface area (Å²) in [6.07, 6.45) is 1.34. The van der Waals surface area contributed by atoms with Crippen molar-refractivity contribution in [3.63, 3.8) is 0 Å². The number of nitrogens with two attached hydrogens (primary N) is 1. The van der Waals surface area contributed by atoms with E-state index in [0.29, 0.717) is 16.1 Å². The average molecular weight is 306 g/mol. The zero-order chi connectivity index (χ0) is 17.1. The minimum Gasteiger partial charge on any atom is -0.267 e. The van der Waals surface area contributed by atoms with Gasteiger partial charge < -0.3 is 0 Å². The highest BCUT2D eigenvalue weighted by Crippen LogP contribution is 2.06. The van der Waals surface area contributed by atoms with Gasteiger partial charge in [0.25, 0.3) is 11.8 Å². The summed E-state index contributed by atoms with van der Waals surface area (Å²) in [4.78, 5) is 23.9. The first-order valence-corrected chi connectivity index (χ1v) is 7.85. The fourth-order valence-electron chi connectivity index (χ4n) is 1.89. The highest BCUT2D eigenvalue weighted by Gasteiger charge is 2.20. The number of hydrogen-bond donors (Lipinski definition) is 1. The Hall–Kier alpha value is -2.27. The van der Waals surface area contributed by atoms with E-state index in [1.807, 2.05) is 0 Å². The molecule has 116 valence electrons. The van der Waals surface area contributed by atoms with Crippen LogP contribution in [0.15, 0.2) is 60.7 Å². The number of imide groups is 1. The zero-order valence-electron chi connectivity index (χ0n) is 13.7. The molecular formula is C16H21B3N2O2. The highest BCUT2D eigenvalue weighted by atomic mass is 16.2. The number of carbonyl (C=O) groups is 2.